The molecular formula is C11H22N2O. The van der Waals surface area contributed by atoms with Gasteiger partial charge in [-0.25, -0.2) is 0 Å². The van der Waals surface area contributed by atoms with Crippen molar-refractivity contribution in [1.82, 2.24) is 5.32 Å². The molecule has 14 heavy (non-hydrogen) atoms. The van der Waals surface area contributed by atoms with Crippen LogP contribution in [0, 0.1) is 16.7 Å². The standard InChI is InChI=1S/C11H22N2O/c1-4-10(14)8-13-7-5-6-11(2,3)9-12/h10,13-14H,4-8H2,1-3H3. The van der Waals surface area contributed by atoms with E-state index in [-0.39, 0.29) is 11.5 Å². The van der Waals surface area contributed by atoms with Gasteiger partial charge in [-0.2, -0.15) is 5.26 Å². The third-order valence-electron chi connectivity index (χ3n) is 2.31. The smallest absolute Gasteiger partial charge is 0.0683 e. The van der Waals surface area contributed by atoms with Crippen LogP contribution < -0.4 is 5.32 Å². The van der Waals surface area contributed by atoms with Crippen LogP contribution in [0.5, 0.6) is 0 Å². The topological polar surface area (TPSA) is 56.0 Å². The first-order valence-electron chi connectivity index (χ1n) is 5.32. The van der Waals surface area contributed by atoms with Gasteiger partial charge in [0.15, 0.2) is 0 Å². The highest BCUT2D eigenvalue weighted by molar-refractivity contribution is 4.91. The molecule has 1 atom stereocenters. The second kappa shape index (κ2) is 6.80. The van der Waals surface area contributed by atoms with E-state index in [1.54, 1.807) is 0 Å². The molecule has 1 unspecified atom stereocenters. The molecule has 0 fully saturated rings. The third-order valence-corrected chi connectivity index (χ3v) is 2.31. The van der Waals surface area contributed by atoms with Crippen molar-refractivity contribution in [3.05, 3.63) is 0 Å². The monoisotopic (exact) mass is 198 g/mol. The minimum absolute atomic E-state index is 0.217. The van der Waals surface area contributed by atoms with Gasteiger partial charge in [0.2, 0.25) is 0 Å². The lowest BCUT2D eigenvalue weighted by molar-refractivity contribution is 0.167. The largest absolute Gasteiger partial charge is 0.392 e. The number of hydrogen-bond donors (Lipinski definition) is 2. The molecule has 0 aliphatic rings. The Hall–Kier alpha value is -0.590. The van der Waals surface area contributed by atoms with E-state index in [9.17, 15) is 5.11 Å². The van der Waals surface area contributed by atoms with Crippen molar-refractivity contribution in [3.63, 3.8) is 0 Å². The molecule has 3 nitrogen and oxygen atoms in total. The lowest BCUT2D eigenvalue weighted by atomic mass is 9.90. The Morgan fingerprint density at radius 1 is 1.50 bits per heavy atom. The summed E-state index contributed by atoms with van der Waals surface area (Å²) in [4.78, 5) is 0. The first kappa shape index (κ1) is 13.4. The van der Waals surface area contributed by atoms with Crippen LogP contribution in [0.25, 0.3) is 0 Å². The van der Waals surface area contributed by atoms with Gasteiger partial charge < -0.3 is 10.4 Å². The first-order chi connectivity index (χ1) is 6.52. The van der Waals surface area contributed by atoms with Gasteiger partial charge in [0.1, 0.15) is 0 Å². The molecular weight excluding hydrogens is 176 g/mol. The fraction of sp³-hybridized carbons (Fsp3) is 0.909. The van der Waals surface area contributed by atoms with E-state index in [1.165, 1.54) is 0 Å². The van der Waals surface area contributed by atoms with Crippen LogP contribution in [0.4, 0.5) is 0 Å². The van der Waals surface area contributed by atoms with Gasteiger partial charge in [-0.15, -0.1) is 0 Å². The maximum absolute atomic E-state index is 9.25. The van der Waals surface area contributed by atoms with Gasteiger partial charge >= 0.3 is 0 Å². The van der Waals surface area contributed by atoms with Crippen molar-refractivity contribution in [2.45, 2.75) is 46.1 Å². The Kier molecular flexibility index (Phi) is 6.52. The van der Waals surface area contributed by atoms with Crippen LogP contribution in [0.15, 0.2) is 0 Å². The molecule has 0 aromatic carbocycles. The Balaban J connectivity index is 3.35. The molecule has 0 saturated heterocycles. The Labute approximate surface area is 87.1 Å². The van der Waals surface area contributed by atoms with E-state index < -0.39 is 0 Å². The molecule has 0 aromatic rings. The number of nitriles is 1. The molecule has 2 N–H and O–H groups in total. The molecule has 0 aliphatic carbocycles. The quantitative estimate of drug-likeness (QED) is 0.612. The second-order valence-electron chi connectivity index (χ2n) is 4.37. The number of rotatable bonds is 7. The van der Waals surface area contributed by atoms with Crippen LogP contribution >= 0.6 is 0 Å². The molecule has 0 aromatic heterocycles. The SMILES string of the molecule is CCC(O)CNCCCC(C)(C)C#N. The van der Waals surface area contributed by atoms with Crippen LogP contribution in [0.3, 0.4) is 0 Å². The number of aliphatic hydroxyl groups excluding tert-OH is 1. The maximum Gasteiger partial charge on any atom is 0.0683 e. The van der Waals surface area contributed by atoms with Crippen molar-refractivity contribution in [2.24, 2.45) is 5.41 Å². The van der Waals surface area contributed by atoms with Gasteiger partial charge in [0.05, 0.1) is 17.6 Å². The molecule has 0 saturated carbocycles. The molecule has 0 radical (unpaired) electrons. The lowest BCUT2D eigenvalue weighted by Gasteiger charge is -2.15. The van der Waals surface area contributed by atoms with Crippen LogP contribution in [-0.4, -0.2) is 24.3 Å². The number of nitrogens with zero attached hydrogens (tertiary/aromatic N) is 1. The summed E-state index contributed by atoms with van der Waals surface area (Å²) < 4.78 is 0. The van der Waals surface area contributed by atoms with Crippen molar-refractivity contribution in [2.75, 3.05) is 13.1 Å². The molecule has 3 heteroatoms. The van der Waals surface area contributed by atoms with Gasteiger partial charge in [-0.05, 0) is 39.7 Å². The van der Waals surface area contributed by atoms with Crippen LogP contribution in [0.1, 0.15) is 40.0 Å². The van der Waals surface area contributed by atoms with E-state index in [2.05, 4.69) is 11.4 Å². The molecule has 0 rings (SSSR count). The van der Waals surface area contributed by atoms with Crippen molar-refractivity contribution >= 4 is 0 Å². The molecule has 0 heterocycles. The maximum atomic E-state index is 9.25. The fourth-order valence-electron chi connectivity index (χ4n) is 1.12. The van der Waals surface area contributed by atoms with Gasteiger partial charge in [-0.3, -0.25) is 0 Å². The van der Waals surface area contributed by atoms with Gasteiger partial charge in [0.25, 0.3) is 0 Å². The number of hydrogen-bond acceptors (Lipinski definition) is 3. The predicted molar refractivity (Wildman–Crippen MR) is 57.8 cm³/mol. The zero-order valence-corrected chi connectivity index (χ0v) is 9.51. The van der Waals surface area contributed by atoms with E-state index in [0.29, 0.717) is 6.54 Å². The van der Waals surface area contributed by atoms with Crippen molar-refractivity contribution in [1.29, 1.82) is 5.26 Å². The van der Waals surface area contributed by atoms with E-state index >= 15 is 0 Å². The first-order valence-corrected chi connectivity index (χ1v) is 5.32. The van der Waals surface area contributed by atoms with Gasteiger partial charge in [0, 0.05) is 6.54 Å². The van der Waals surface area contributed by atoms with Crippen LogP contribution in [0.2, 0.25) is 0 Å². The second-order valence-corrected chi connectivity index (χ2v) is 4.37. The average Bonchev–Trinajstić information content (AvgIpc) is 2.17. The van der Waals surface area contributed by atoms with Crippen molar-refractivity contribution in [3.8, 4) is 6.07 Å². The minimum atomic E-state index is -0.237. The molecule has 0 aliphatic heterocycles. The molecule has 0 bridgehead atoms. The summed E-state index contributed by atoms with van der Waals surface area (Å²) in [7, 11) is 0. The zero-order chi connectivity index (χ0) is 11.0. The third kappa shape index (κ3) is 6.88. The number of aliphatic hydroxyl groups is 1. The lowest BCUT2D eigenvalue weighted by Crippen LogP contribution is -2.27. The van der Waals surface area contributed by atoms with E-state index in [1.807, 2.05) is 20.8 Å². The molecule has 82 valence electrons. The average molecular weight is 198 g/mol. The summed E-state index contributed by atoms with van der Waals surface area (Å²) in [5.74, 6) is 0. The normalized spacial score (nSPS) is 13.6. The predicted octanol–water partition coefficient (Wildman–Crippen LogP) is 1.68. The minimum Gasteiger partial charge on any atom is -0.392 e. The van der Waals surface area contributed by atoms with E-state index in [0.717, 1.165) is 25.8 Å². The Bertz CT molecular complexity index is 184. The van der Waals surface area contributed by atoms with E-state index in [4.69, 9.17) is 5.26 Å². The van der Waals surface area contributed by atoms with Crippen molar-refractivity contribution < 1.29 is 5.11 Å². The summed E-state index contributed by atoms with van der Waals surface area (Å²) >= 11 is 0. The Morgan fingerprint density at radius 2 is 2.14 bits per heavy atom. The highest BCUT2D eigenvalue weighted by Gasteiger charge is 2.15. The number of nitrogens with one attached hydrogen (secondary N) is 1. The van der Waals surface area contributed by atoms with Crippen LogP contribution in [-0.2, 0) is 0 Å². The zero-order valence-electron chi connectivity index (χ0n) is 9.51. The molecule has 0 spiro atoms. The Morgan fingerprint density at radius 3 is 2.64 bits per heavy atom. The highest BCUT2D eigenvalue weighted by Crippen LogP contribution is 2.19. The highest BCUT2D eigenvalue weighted by atomic mass is 16.3. The summed E-state index contributed by atoms with van der Waals surface area (Å²) in [5.41, 5.74) is -0.217. The summed E-state index contributed by atoms with van der Waals surface area (Å²) in [6, 6.07) is 2.27. The fourth-order valence-corrected chi connectivity index (χ4v) is 1.12. The summed E-state index contributed by atoms with van der Waals surface area (Å²) in [5, 5.41) is 21.2. The molecule has 0 amide bonds. The summed E-state index contributed by atoms with van der Waals surface area (Å²) in [6.45, 7) is 7.40. The summed E-state index contributed by atoms with van der Waals surface area (Å²) in [6.07, 6.45) is 2.44. The van der Waals surface area contributed by atoms with Gasteiger partial charge in [-0.1, -0.05) is 6.92 Å².